The van der Waals surface area contributed by atoms with Crippen LogP contribution in [0.15, 0.2) is 60.7 Å². The SMILES string of the molecule is CC(C)(C)c1cc(CC(CCSCCC(Cc2cc(C(C)(C)C)c(O)c(C(C)(C)C)c2)C(=O)O)C(=O)O)cc(C(C)(C)C)c1O.Cc1cc(O)c(C(C)(C)C)cc1C(C)CC(c1cc(C(C)(C)C)c(O)cc1C)c1cc(C(C)(C)C)c(O)cc1C. The van der Waals surface area contributed by atoms with Gasteiger partial charge in [-0.3, -0.25) is 9.59 Å². The van der Waals surface area contributed by atoms with Crippen molar-refractivity contribution >= 4 is 23.7 Å². The Morgan fingerprint density at radius 2 is 0.635 bits per heavy atom. The van der Waals surface area contributed by atoms with Gasteiger partial charge in [-0.15, -0.1) is 0 Å². The largest absolute Gasteiger partial charge is 0.508 e. The van der Waals surface area contributed by atoms with Crippen molar-refractivity contribution in [3.63, 3.8) is 0 Å². The van der Waals surface area contributed by atoms with Crippen LogP contribution >= 0.6 is 11.8 Å². The summed E-state index contributed by atoms with van der Waals surface area (Å²) in [6.45, 7) is 52.3. The summed E-state index contributed by atoms with van der Waals surface area (Å²) in [6.07, 6.45) is 2.52. The van der Waals surface area contributed by atoms with Crippen molar-refractivity contribution in [2.75, 3.05) is 11.5 Å². The fourth-order valence-electron chi connectivity index (χ4n) is 11.8. The predicted molar refractivity (Wildman–Crippen MR) is 357 cm³/mol. The van der Waals surface area contributed by atoms with Crippen LogP contribution in [0.2, 0.25) is 0 Å². The predicted octanol–water partition coefficient (Wildman–Crippen LogP) is 18.9. The van der Waals surface area contributed by atoms with Gasteiger partial charge in [0.25, 0.3) is 0 Å². The number of carboxylic acid groups (broad SMARTS) is 2. The van der Waals surface area contributed by atoms with Gasteiger partial charge in [0.1, 0.15) is 28.7 Å². The maximum atomic E-state index is 12.3. The maximum Gasteiger partial charge on any atom is 0.306 e. The number of phenolic OH excluding ortho intramolecular Hbond substituents is 5. The molecule has 5 aromatic rings. The molecule has 0 bridgehead atoms. The van der Waals surface area contributed by atoms with Crippen molar-refractivity contribution in [2.24, 2.45) is 11.8 Å². The lowest BCUT2D eigenvalue weighted by atomic mass is 9.74. The second-order valence-corrected chi connectivity index (χ2v) is 33.1. The van der Waals surface area contributed by atoms with E-state index in [-0.39, 0.29) is 61.2 Å². The number of rotatable bonds is 17. The van der Waals surface area contributed by atoms with Gasteiger partial charge in [-0.2, -0.15) is 11.8 Å². The Balaban J connectivity index is 0.000000367. The molecule has 10 heteroatoms. The van der Waals surface area contributed by atoms with Crippen LogP contribution in [0.3, 0.4) is 0 Å². The van der Waals surface area contributed by atoms with Crippen molar-refractivity contribution < 1.29 is 45.3 Å². The summed E-state index contributed by atoms with van der Waals surface area (Å²) in [6, 6.07) is 20.1. The molecular weight excluding hydrogens is 1080 g/mol. The molecule has 0 radical (unpaired) electrons. The van der Waals surface area contributed by atoms with E-state index < -0.39 is 23.8 Å². The van der Waals surface area contributed by atoms with E-state index in [1.807, 2.05) is 126 Å². The van der Waals surface area contributed by atoms with Crippen LogP contribution in [-0.2, 0) is 60.3 Å². The van der Waals surface area contributed by atoms with Gasteiger partial charge >= 0.3 is 11.9 Å². The summed E-state index contributed by atoms with van der Waals surface area (Å²) in [4.78, 5) is 24.5. The normalized spacial score (nSPS) is 14.0. The molecule has 0 spiro atoms. The molecule has 470 valence electrons. The number of aliphatic carboxylic acids is 2. The summed E-state index contributed by atoms with van der Waals surface area (Å²) in [5.74, 6) is 0.198. The summed E-state index contributed by atoms with van der Waals surface area (Å²) in [7, 11) is 0. The Labute approximate surface area is 517 Å². The van der Waals surface area contributed by atoms with Crippen LogP contribution in [-0.4, -0.2) is 59.2 Å². The third kappa shape index (κ3) is 18.7. The lowest BCUT2D eigenvalue weighted by Crippen LogP contribution is -2.21. The molecule has 0 aliphatic carbocycles. The number of hydrogen-bond acceptors (Lipinski definition) is 8. The Morgan fingerprint density at radius 1 is 0.388 bits per heavy atom. The topological polar surface area (TPSA) is 176 Å². The van der Waals surface area contributed by atoms with Gasteiger partial charge in [0.05, 0.1) is 11.8 Å². The molecule has 0 aliphatic rings. The van der Waals surface area contributed by atoms with E-state index in [9.17, 15) is 45.3 Å². The van der Waals surface area contributed by atoms with E-state index in [4.69, 9.17) is 0 Å². The molecule has 0 fully saturated rings. The number of benzene rings is 5. The van der Waals surface area contributed by atoms with Crippen molar-refractivity contribution in [3.05, 3.63) is 144 Å². The lowest BCUT2D eigenvalue weighted by molar-refractivity contribution is -0.142. The first kappa shape index (κ1) is 71.9. The van der Waals surface area contributed by atoms with Gasteiger partial charge in [-0.05, 0) is 210 Å². The lowest BCUT2D eigenvalue weighted by Gasteiger charge is -2.31. The first-order valence-electron chi connectivity index (χ1n) is 30.8. The molecule has 5 rings (SSSR count). The van der Waals surface area contributed by atoms with Crippen molar-refractivity contribution in [1.82, 2.24) is 0 Å². The number of aromatic hydroxyl groups is 5. The second kappa shape index (κ2) is 26.8. The minimum Gasteiger partial charge on any atom is -0.508 e. The van der Waals surface area contributed by atoms with Gasteiger partial charge in [0.15, 0.2) is 0 Å². The average Bonchev–Trinajstić information content (AvgIpc) is 2.99. The highest BCUT2D eigenvalue weighted by molar-refractivity contribution is 7.99. The molecule has 0 amide bonds. The van der Waals surface area contributed by atoms with E-state index in [2.05, 4.69) is 108 Å². The Kier molecular flexibility index (Phi) is 22.6. The maximum absolute atomic E-state index is 12.3. The standard InChI is InChI=1S/C38H58O6S.C37H52O3/c1-35(2,3)27-19-23(20-28(31(27)39)36(4,5)6)17-25(33(41)42)13-15-45-16-14-26(34(43)44)18-24-21-29(37(7,8)9)32(40)30(22-24)38(10,11)12;1-21(25-18-29(35(5,6)7)32(38)15-22(25)2)14-28(26-19-30(36(8,9)10)33(39)16-23(26)3)27-20-31(37(11,12)13)34(40)17-24(27)4/h19-22,25-26,39-40H,13-18H2,1-12H3,(H,41,42)(H,43,44);15-21,28,38-40H,14H2,1-13H3. The number of carboxylic acids is 2. The highest BCUT2D eigenvalue weighted by Gasteiger charge is 2.33. The van der Waals surface area contributed by atoms with E-state index in [0.717, 1.165) is 73.2 Å². The molecule has 3 atom stereocenters. The van der Waals surface area contributed by atoms with E-state index in [1.54, 1.807) is 11.8 Å². The van der Waals surface area contributed by atoms with E-state index in [1.165, 1.54) is 16.7 Å². The van der Waals surface area contributed by atoms with Crippen LogP contribution in [0.4, 0.5) is 0 Å². The van der Waals surface area contributed by atoms with Crippen LogP contribution < -0.4 is 0 Å². The summed E-state index contributed by atoms with van der Waals surface area (Å²) >= 11 is 1.59. The number of phenols is 5. The molecule has 3 unspecified atom stereocenters. The van der Waals surface area contributed by atoms with Crippen molar-refractivity contribution in [1.29, 1.82) is 0 Å². The summed E-state index contributed by atoms with van der Waals surface area (Å²) < 4.78 is 0. The number of hydrogen-bond donors (Lipinski definition) is 7. The van der Waals surface area contributed by atoms with Crippen LogP contribution in [0.1, 0.15) is 267 Å². The average molecular weight is 1190 g/mol. The van der Waals surface area contributed by atoms with Crippen molar-refractivity contribution in [3.8, 4) is 28.7 Å². The molecule has 7 N–H and O–H groups in total. The van der Waals surface area contributed by atoms with Crippen molar-refractivity contribution in [2.45, 2.75) is 255 Å². The molecule has 0 aliphatic heterocycles. The third-order valence-corrected chi connectivity index (χ3v) is 18.0. The zero-order valence-electron chi connectivity index (χ0n) is 56.9. The molecular formula is C75H110O9S. The highest BCUT2D eigenvalue weighted by atomic mass is 32.2. The van der Waals surface area contributed by atoms with Crippen LogP contribution in [0, 0.1) is 32.6 Å². The Morgan fingerprint density at radius 3 is 0.882 bits per heavy atom. The van der Waals surface area contributed by atoms with Crippen LogP contribution in [0.5, 0.6) is 28.7 Å². The first-order valence-corrected chi connectivity index (χ1v) is 31.9. The Bertz CT molecular complexity index is 2920. The minimum atomic E-state index is -0.849. The van der Waals surface area contributed by atoms with Gasteiger partial charge in [-0.1, -0.05) is 195 Å². The molecule has 0 aromatic heterocycles. The van der Waals surface area contributed by atoms with Gasteiger partial charge in [0.2, 0.25) is 0 Å². The summed E-state index contributed by atoms with van der Waals surface area (Å²) in [5.41, 5.74) is 13.0. The molecule has 9 nitrogen and oxygen atoms in total. The zero-order valence-corrected chi connectivity index (χ0v) is 57.7. The fraction of sp³-hybridized carbons (Fsp3) is 0.573. The van der Waals surface area contributed by atoms with Gasteiger partial charge in [-0.25, -0.2) is 0 Å². The smallest absolute Gasteiger partial charge is 0.306 e. The van der Waals surface area contributed by atoms with Gasteiger partial charge < -0.3 is 35.7 Å². The molecule has 0 heterocycles. The zero-order chi connectivity index (χ0) is 65.2. The monoisotopic (exact) mass is 1190 g/mol. The second-order valence-electron chi connectivity index (χ2n) is 31.9. The summed E-state index contributed by atoms with van der Waals surface area (Å²) in [5, 5.41) is 74.8. The van der Waals surface area contributed by atoms with Crippen LogP contribution in [0.25, 0.3) is 0 Å². The van der Waals surface area contributed by atoms with E-state index in [0.29, 0.717) is 54.4 Å². The highest BCUT2D eigenvalue weighted by Crippen LogP contribution is 2.47. The van der Waals surface area contributed by atoms with Gasteiger partial charge in [0, 0.05) is 5.92 Å². The minimum absolute atomic E-state index is 0.0460. The quantitative estimate of drug-likeness (QED) is 0.0444. The molecule has 5 aromatic carbocycles. The molecule has 0 saturated heterocycles. The number of thioether (sulfide) groups is 1. The fourth-order valence-corrected chi connectivity index (χ4v) is 12.9. The Hall–Kier alpha value is -5.61. The molecule has 0 saturated carbocycles. The molecule has 85 heavy (non-hydrogen) atoms. The number of carbonyl (C=O) groups is 2. The van der Waals surface area contributed by atoms with E-state index >= 15 is 0 Å². The third-order valence-electron chi connectivity index (χ3n) is 16.9. The number of aryl methyl sites for hydroxylation is 3. The first-order chi connectivity index (χ1) is 38.5.